The van der Waals surface area contributed by atoms with Crippen LogP contribution in [0.1, 0.15) is 50.6 Å². The Labute approximate surface area is 126 Å². The number of nitrogens with one attached hydrogen (secondary N) is 1. The average molecular weight is 295 g/mol. The Kier molecular flexibility index (Phi) is 6.46. The van der Waals surface area contributed by atoms with Crippen molar-refractivity contribution in [2.45, 2.75) is 51.2 Å². The molecule has 1 aliphatic rings. The van der Waals surface area contributed by atoms with Gasteiger partial charge in [-0.1, -0.05) is 25.3 Å². The van der Waals surface area contributed by atoms with Gasteiger partial charge in [-0.2, -0.15) is 0 Å². The number of hydrogen-bond donors (Lipinski definition) is 1. The summed E-state index contributed by atoms with van der Waals surface area (Å²) in [6.45, 7) is 3.39. The lowest BCUT2D eigenvalue weighted by Gasteiger charge is -2.22. The standard InChI is InChI=1S/C17H26FNO2/c1-13(16-9-8-15(20-2)12-17(16)18)19-10-11-21-14-6-4-3-5-7-14/h8-9,12-14,19H,3-7,10-11H2,1-2H3. The summed E-state index contributed by atoms with van der Waals surface area (Å²) < 4.78 is 24.8. The van der Waals surface area contributed by atoms with Gasteiger partial charge in [0.2, 0.25) is 0 Å². The lowest BCUT2D eigenvalue weighted by atomic mass is 9.98. The molecule has 0 aliphatic heterocycles. The van der Waals surface area contributed by atoms with E-state index >= 15 is 0 Å². The van der Waals surface area contributed by atoms with Crippen LogP contribution >= 0.6 is 0 Å². The summed E-state index contributed by atoms with van der Waals surface area (Å²) in [5.41, 5.74) is 0.661. The summed E-state index contributed by atoms with van der Waals surface area (Å²) in [5.74, 6) is 0.312. The molecule has 0 heterocycles. The molecule has 1 saturated carbocycles. The van der Waals surface area contributed by atoms with Crippen molar-refractivity contribution in [3.63, 3.8) is 0 Å². The highest BCUT2D eigenvalue weighted by molar-refractivity contribution is 5.30. The van der Waals surface area contributed by atoms with Crippen LogP contribution in [-0.4, -0.2) is 26.4 Å². The Morgan fingerprint density at radius 1 is 1.29 bits per heavy atom. The van der Waals surface area contributed by atoms with E-state index in [-0.39, 0.29) is 11.9 Å². The van der Waals surface area contributed by atoms with Crippen LogP contribution in [0.4, 0.5) is 4.39 Å². The Bertz CT molecular complexity index is 433. The van der Waals surface area contributed by atoms with Crippen molar-refractivity contribution in [1.82, 2.24) is 5.32 Å². The second-order valence-corrected chi connectivity index (χ2v) is 5.69. The first kappa shape index (κ1) is 16.2. The molecule has 21 heavy (non-hydrogen) atoms. The van der Waals surface area contributed by atoms with E-state index in [9.17, 15) is 4.39 Å². The van der Waals surface area contributed by atoms with Crippen molar-refractivity contribution >= 4 is 0 Å². The smallest absolute Gasteiger partial charge is 0.131 e. The van der Waals surface area contributed by atoms with Crippen LogP contribution in [0, 0.1) is 5.82 Å². The first-order valence-corrected chi connectivity index (χ1v) is 7.89. The van der Waals surface area contributed by atoms with Gasteiger partial charge in [0, 0.05) is 24.2 Å². The van der Waals surface area contributed by atoms with E-state index in [2.05, 4.69) is 5.32 Å². The van der Waals surface area contributed by atoms with E-state index in [1.807, 2.05) is 6.92 Å². The highest BCUT2D eigenvalue weighted by Gasteiger charge is 2.14. The molecule has 1 aromatic rings. The molecule has 3 nitrogen and oxygen atoms in total. The van der Waals surface area contributed by atoms with Gasteiger partial charge in [-0.15, -0.1) is 0 Å². The highest BCUT2D eigenvalue weighted by atomic mass is 19.1. The fourth-order valence-electron chi connectivity index (χ4n) is 2.83. The summed E-state index contributed by atoms with van der Waals surface area (Å²) in [7, 11) is 1.54. The minimum absolute atomic E-state index is 0.0362. The largest absolute Gasteiger partial charge is 0.497 e. The molecule has 4 heteroatoms. The highest BCUT2D eigenvalue weighted by Crippen LogP contribution is 2.22. The summed E-state index contributed by atoms with van der Waals surface area (Å²) >= 11 is 0. The monoisotopic (exact) mass is 295 g/mol. The molecule has 0 saturated heterocycles. The van der Waals surface area contributed by atoms with Gasteiger partial charge in [0.05, 0.1) is 19.8 Å². The third-order valence-electron chi connectivity index (χ3n) is 4.13. The zero-order valence-electron chi connectivity index (χ0n) is 13.0. The normalized spacial score (nSPS) is 17.7. The van der Waals surface area contributed by atoms with Gasteiger partial charge in [0.25, 0.3) is 0 Å². The lowest BCUT2D eigenvalue weighted by molar-refractivity contribution is 0.0295. The predicted octanol–water partition coefficient (Wildman–Crippen LogP) is 3.83. The quantitative estimate of drug-likeness (QED) is 0.775. The summed E-state index contributed by atoms with van der Waals surface area (Å²) in [6, 6.07) is 4.94. The van der Waals surface area contributed by atoms with Crippen LogP contribution in [-0.2, 0) is 4.74 Å². The molecular formula is C17H26FNO2. The first-order chi connectivity index (χ1) is 10.2. The molecule has 118 valence electrons. The van der Waals surface area contributed by atoms with Crippen molar-refractivity contribution < 1.29 is 13.9 Å². The average Bonchev–Trinajstić information content (AvgIpc) is 2.52. The van der Waals surface area contributed by atoms with Crippen molar-refractivity contribution in [3.05, 3.63) is 29.6 Å². The molecule has 0 amide bonds. The third-order valence-corrected chi connectivity index (χ3v) is 4.13. The van der Waals surface area contributed by atoms with Gasteiger partial charge >= 0.3 is 0 Å². The summed E-state index contributed by atoms with van der Waals surface area (Å²) in [4.78, 5) is 0. The zero-order valence-corrected chi connectivity index (χ0v) is 13.0. The van der Waals surface area contributed by atoms with Crippen LogP contribution in [0.2, 0.25) is 0 Å². The van der Waals surface area contributed by atoms with Crippen LogP contribution < -0.4 is 10.1 Å². The Morgan fingerprint density at radius 2 is 2.05 bits per heavy atom. The fourth-order valence-corrected chi connectivity index (χ4v) is 2.83. The second kappa shape index (κ2) is 8.35. The van der Waals surface area contributed by atoms with Gasteiger partial charge in [-0.25, -0.2) is 4.39 Å². The molecular weight excluding hydrogens is 269 g/mol. The van der Waals surface area contributed by atoms with Gasteiger partial charge in [0.15, 0.2) is 0 Å². The number of rotatable bonds is 7. The van der Waals surface area contributed by atoms with Crippen LogP contribution in [0.15, 0.2) is 18.2 Å². The molecule has 0 radical (unpaired) electrons. The maximum Gasteiger partial charge on any atom is 0.131 e. The van der Waals surface area contributed by atoms with E-state index in [1.165, 1.54) is 38.2 Å². The molecule has 0 bridgehead atoms. The van der Waals surface area contributed by atoms with Crippen molar-refractivity contribution in [3.8, 4) is 5.75 Å². The predicted molar refractivity (Wildman–Crippen MR) is 82.2 cm³/mol. The Balaban J connectivity index is 1.72. The molecule has 1 fully saturated rings. The Hall–Kier alpha value is -1.13. The first-order valence-electron chi connectivity index (χ1n) is 7.89. The van der Waals surface area contributed by atoms with Gasteiger partial charge in [-0.3, -0.25) is 0 Å². The summed E-state index contributed by atoms with van der Waals surface area (Å²) in [6.07, 6.45) is 6.70. The number of methoxy groups -OCH3 is 1. The van der Waals surface area contributed by atoms with Crippen LogP contribution in [0.3, 0.4) is 0 Å². The molecule has 1 atom stereocenters. The lowest BCUT2D eigenvalue weighted by Crippen LogP contribution is -2.27. The molecule has 1 N–H and O–H groups in total. The molecule has 1 aliphatic carbocycles. The molecule has 2 rings (SSSR count). The maximum atomic E-state index is 13.9. The van der Waals surface area contributed by atoms with E-state index in [4.69, 9.17) is 9.47 Å². The van der Waals surface area contributed by atoms with E-state index in [1.54, 1.807) is 19.2 Å². The van der Waals surface area contributed by atoms with Gasteiger partial charge < -0.3 is 14.8 Å². The number of ether oxygens (including phenoxy) is 2. The fraction of sp³-hybridized carbons (Fsp3) is 0.647. The molecule has 0 spiro atoms. The summed E-state index contributed by atoms with van der Waals surface area (Å²) in [5, 5.41) is 3.31. The maximum absolute atomic E-state index is 13.9. The van der Waals surface area contributed by atoms with E-state index in [0.29, 0.717) is 24.0 Å². The zero-order chi connectivity index (χ0) is 15.1. The topological polar surface area (TPSA) is 30.5 Å². The molecule has 1 unspecified atom stereocenters. The number of benzene rings is 1. The van der Waals surface area contributed by atoms with Crippen LogP contribution in [0.5, 0.6) is 5.75 Å². The second-order valence-electron chi connectivity index (χ2n) is 5.69. The Morgan fingerprint density at radius 3 is 2.71 bits per heavy atom. The van der Waals surface area contributed by atoms with Crippen molar-refractivity contribution in [1.29, 1.82) is 0 Å². The number of hydrogen-bond acceptors (Lipinski definition) is 3. The third kappa shape index (κ3) is 4.97. The van der Waals surface area contributed by atoms with Gasteiger partial charge in [-0.05, 0) is 25.8 Å². The van der Waals surface area contributed by atoms with Crippen LogP contribution in [0.25, 0.3) is 0 Å². The minimum Gasteiger partial charge on any atom is -0.497 e. The number of halogens is 1. The van der Waals surface area contributed by atoms with Crippen molar-refractivity contribution in [2.75, 3.05) is 20.3 Å². The van der Waals surface area contributed by atoms with E-state index in [0.717, 1.165) is 6.54 Å². The van der Waals surface area contributed by atoms with E-state index < -0.39 is 0 Å². The van der Waals surface area contributed by atoms with Gasteiger partial charge in [0.1, 0.15) is 11.6 Å². The minimum atomic E-state index is -0.234. The van der Waals surface area contributed by atoms with Crippen molar-refractivity contribution in [2.24, 2.45) is 0 Å². The molecule has 1 aromatic carbocycles. The SMILES string of the molecule is COc1ccc(C(C)NCCOC2CCCCC2)c(F)c1. The molecule has 0 aromatic heterocycles.